The molecule has 1 unspecified atom stereocenters. The number of allylic oxidation sites excluding steroid dienone is 3. The van der Waals surface area contributed by atoms with Crippen LogP contribution in [0.15, 0.2) is 84.8 Å². The van der Waals surface area contributed by atoms with Gasteiger partial charge in [-0.2, -0.15) is 4.84 Å². The number of nitrogens with zero attached hydrogens (tertiary/aromatic N) is 2. The molecule has 117 valence electrons. The quantitative estimate of drug-likeness (QED) is 0.769. The van der Waals surface area contributed by atoms with Crippen molar-refractivity contribution in [2.24, 2.45) is 0 Å². The topological polar surface area (TPSA) is 18.4 Å². The molecule has 2 heterocycles. The molecule has 0 N–H and O–H groups in total. The number of anilines is 1. The molecular weight excluding hydrogens is 296 g/mol. The van der Waals surface area contributed by atoms with Crippen molar-refractivity contribution in [3.8, 4) is 0 Å². The first-order valence-electron chi connectivity index (χ1n) is 8.37. The minimum Gasteiger partial charge on any atom is -0.223 e. The maximum absolute atomic E-state index is 6.13. The van der Waals surface area contributed by atoms with Crippen LogP contribution in [-0.4, -0.2) is 6.23 Å². The zero-order valence-corrected chi connectivity index (χ0v) is 13.3. The van der Waals surface area contributed by atoms with Crippen molar-refractivity contribution < 1.29 is 4.84 Å². The summed E-state index contributed by atoms with van der Waals surface area (Å²) in [5, 5.41) is 1.84. The minimum atomic E-state index is -0.0841. The monoisotopic (exact) mass is 314 g/mol. The van der Waals surface area contributed by atoms with Crippen LogP contribution in [0.2, 0.25) is 0 Å². The second-order valence-corrected chi connectivity index (χ2v) is 6.24. The molecule has 1 radical (unpaired) electrons. The first kappa shape index (κ1) is 13.8. The van der Waals surface area contributed by atoms with Crippen molar-refractivity contribution in [1.29, 1.82) is 0 Å². The van der Waals surface area contributed by atoms with Gasteiger partial charge in [0.15, 0.2) is 11.9 Å². The summed E-state index contributed by atoms with van der Waals surface area (Å²) < 4.78 is 0. The summed E-state index contributed by atoms with van der Waals surface area (Å²) in [6.45, 7) is 0. The molecule has 3 nitrogen and oxygen atoms in total. The molecule has 5 rings (SSSR count). The Bertz CT molecular complexity index is 866. The van der Waals surface area contributed by atoms with E-state index in [4.69, 9.17) is 4.84 Å². The molecule has 0 fully saturated rings. The number of aryl methyl sites for hydroxylation is 1. The molecule has 2 aromatic rings. The molecule has 0 amide bonds. The first-order valence-corrected chi connectivity index (χ1v) is 8.37. The van der Waals surface area contributed by atoms with Crippen molar-refractivity contribution in [3.05, 3.63) is 96.0 Å². The lowest BCUT2D eigenvalue weighted by Crippen LogP contribution is -2.36. The maximum Gasteiger partial charge on any atom is 0.291 e. The Labute approximate surface area is 141 Å². The summed E-state index contributed by atoms with van der Waals surface area (Å²) >= 11 is 0. The number of hydrogen-bond acceptors (Lipinski definition) is 3. The number of fused-ring (bicyclic) bond motifs is 2. The standard InChI is InChI=1S/C21H18N2O/c1-2-7-17(8-3-1)23-15-13-21(24-23)22-14-12-19-18-9-5-4-6-16(18)10-11-20(19)22/h1-9,12-15,21H,10-11H2/q+1. The van der Waals surface area contributed by atoms with Crippen molar-refractivity contribution >= 4 is 11.3 Å². The van der Waals surface area contributed by atoms with Gasteiger partial charge in [-0.3, -0.25) is 0 Å². The van der Waals surface area contributed by atoms with Crippen LogP contribution in [0, 0.1) is 0 Å². The van der Waals surface area contributed by atoms with Gasteiger partial charge in [0, 0.05) is 30.3 Å². The number of para-hydroxylation sites is 1. The third-order valence-electron chi connectivity index (χ3n) is 4.86. The molecule has 0 saturated carbocycles. The largest absolute Gasteiger partial charge is 0.291 e. The second-order valence-electron chi connectivity index (χ2n) is 6.24. The van der Waals surface area contributed by atoms with Crippen molar-refractivity contribution in [2.75, 3.05) is 5.06 Å². The van der Waals surface area contributed by atoms with Crippen molar-refractivity contribution in [2.45, 2.75) is 19.1 Å². The lowest BCUT2D eigenvalue weighted by Gasteiger charge is -2.21. The van der Waals surface area contributed by atoms with E-state index in [0.717, 1.165) is 18.5 Å². The highest BCUT2D eigenvalue weighted by Crippen LogP contribution is 2.38. The molecule has 2 aliphatic heterocycles. The van der Waals surface area contributed by atoms with E-state index in [1.54, 1.807) is 0 Å². The zero-order chi connectivity index (χ0) is 15.9. The molecule has 0 spiro atoms. The highest BCUT2D eigenvalue weighted by Gasteiger charge is 2.41. The molecule has 0 aromatic heterocycles. The predicted molar refractivity (Wildman–Crippen MR) is 95.9 cm³/mol. The van der Waals surface area contributed by atoms with Gasteiger partial charge >= 0.3 is 0 Å². The Balaban J connectivity index is 1.42. The molecule has 3 aliphatic rings. The predicted octanol–water partition coefficient (Wildman–Crippen LogP) is 4.30. The Morgan fingerprint density at radius 2 is 1.79 bits per heavy atom. The lowest BCUT2D eigenvalue weighted by atomic mass is 9.89. The maximum atomic E-state index is 6.13. The Hall–Kier alpha value is -2.62. The summed E-state index contributed by atoms with van der Waals surface area (Å²) in [5.41, 5.74) is 6.55. The fraction of sp³-hybridized carbons (Fsp3) is 0.143. The summed E-state index contributed by atoms with van der Waals surface area (Å²) in [5.74, 6) is 0. The average Bonchev–Trinajstić information content (AvgIpc) is 3.29. The Kier molecular flexibility index (Phi) is 3.15. The van der Waals surface area contributed by atoms with E-state index in [0.29, 0.717) is 0 Å². The number of hydroxylamine groups is 1. The zero-order valence-electron chi connectivity index (χ0n) is 13.3. The molecule has 1 atom stereocenters. The molecule has 0 bridgehead atoms. The van der Waals surface area contributed by atoms with Gasteiger partial charge in [0.2, 0.25) is 0 Å². The highest BCUT2D eigenvalue weighted by atomic mass is 16.7. The highest BCUT2D eigenvalue weighted by molar-refractivity contribution is 5.82. The van der Waals surface area contributed by atoms with Crippen LogP contribution in [0.1, 0.15) is 17.5 Å². The van der Waals surface area contributed by atoms with Gasteiger partial charge < -0.3 is 0 Å². The van der Waals surface area contributed by atoms with Gasteiger partial charge in [-0.05, 0) is 29.7 Å². The van der Waals surface area contributed by atoms with Gasteiger partial charge in [0.1, 0.15) is 0 Å². The van der Waals surface area contributed by atoms with Gasteiger partial charge in [-0.15, -0.1) is 0 Å². The normalized spacial score (nSPS) is 22.2. The van der Waals surface area contributed by atoms with Crippen LogP contribution in [0.4, 0.5) is 5.69 Å². The van der Waals surface area contributed by atoms with Gasteiger partial charge in [0.05, 0.1) is 5.69 Å². The Morgan fingerprint density at radius 1 is 0.958 bits per heavy atom. The van der Waals surface area contributed by atoms with Crippen LogP contribution in [0.5, 0.6) is 0 Å². The molecule has 2 aromatic carbocycles. The first-order chi connectivity index (χ1) is 11.9. The number of rotatable bonds is 2. The summed E-state index contributed by atoms with van der Waals surface area (Å²) in [4.78, 5) is 8.39. The third kappa shape index (κ3) is 2.13. The molecule has 0 saturated heterocycles. The van der Waals surface area contributed by atoms with Gasteiger partial charge in [-0.1, -0.05) is 47.4 Å². The van der Waals surface area contributed by atoms with E-state index in [1.807, 2.05) is 41.6 Å². The van der Waals surface area contributed by atoms with Crippen LogP contribution in [0.25, 0.3) is 5.57 Å². The average molecular weight is 314 g/mol. The van der Waals surface area contributed by atoms with E-state index in [-0.39, 0.29) is 6.23 Å². The van der Waals surface area contributed by atoms with E-state index in [1.165, 1.54) is 22.4 Å². The van der Waals surface area contributed by atoms with Gasteiger partial charge in [0.25, 0.3) is 6.23 Å². The SMILES string of the molecule is C1=C[N+](C2C=CN(c3ccccc3)O2)C2=C1c1ccccc1CC2. The number of hydrogen-bond donors (Lipinski definition) is 0. The van der Waals surface area contributed by atoms with E-state index >= 15 is 0 Å². The third-order valence-corrected chi connectivity index (χ3v) is 4.86. The van der Waals surface area contributed by atoms with E-state index in [9.17, 15) is 0 Å². The van der Waals surface area contributed by atoms with Crippen molar-refractivity contribution in [3.63, 3.8) is 0 Å². The van der Waals surface area contributed by atoms with Crippen LogP contribution >= 0.6 is 0 Å². The van der Waals surface area contributed by atoms with E-state index < -0.39 is 0 Å². The van der Waals surface area contributed by atoms with Crippen molar-refractivity contribution in [1.82, 2.24) is 4.90 Å². The Morgan fingerprint density at radius 3 is 2.71 bits per heavy atom. The summed E-state index contributed by atoms with van der Waals surface area (Å²) in [6, 6.07) is 18.9. The van der Waals surface area contributed by atoms with E-state index in [2.05, 4.69) is 47.5 Å². The fourth-order valence-corrected chi connectivity index (χ4v) is 3.69. The number of benzene rings is 2. The molecule has 1 aliphatic carbocycles. The lowest BCUT2D eigenvalue weighted by molar-refractivity contribution is 0.0599. The van der Waals surface area contributed by atoms with Crippen LogP contribution in [0.3, 0.4) is 0 Å². The minimum absolute atomic E-state index is 0.0841. The summed E-state index contributed by atoms with van der Waals surface area (Å²) in [6.07, 6.45) is 10.5. The second kappa shape index (κ2) is 5.48. The fourth-order valence-electron chi connectivity index (χ4n) is 3.69. The molecular formula is C21H18N2O+. The van der Waals surface area contributed by atoms with Gasteiger partial charge in [-0.25, -0.2) is 5.06 Å². The van der Waals surface area contributed by atoms with Crippen LogP contribution < -0.4 is 9.96 Å². The molecule has 3 heteroatoms. The smallest absolute Gasteiger partial charge is 0.223 e. The molecule has 24 heavy (non-hydrogen) atoms. The summed E-state index contributed by atoms with van der Waals surface area (Å²) in [7, 11) is 0. The van der Waals surface area contributed by atoms with Crippen LogP contribution in [-0.2, 0) is 11.3 Å².